The standard InChI is InChI=1S/C16H13FN4S/c1-18-16-21(20-10-12-5-4-8-19-9-12)15(11-22-16)13-6-2-3-7-14(13)17/h2-11H,1H3/b18-16?,20-10-. The second-order valence-corrected chi connectivity index (χ2v) is 5.29. The summed E-state index contributed by atoms with van der Waals surface area (Å²) in [6, 6.07) is 10.4. The minimum absolute atomic E-state index is 0.284. The van der Waals surface area contributed by atoms with E-state index in [1.54, 1.807) is 48.5 Å². The van der Waals surface area contributed by atoms with Crippen molar-refractivity contribution in [3.05, 3.63) is 70.4 Å². The molecule has 0 saturated carbocycles. The van der Waals surface area contributed by atoms with Crippen LogP contribution in [0.25, 0.3) is 11.3 Å². The normalized spacial score (nSPS) is 12.2. The van der Waals surface area contributed by atoms with Gasteiger partial charge >= 0.3 is 0 Å². The first kappa shape index (κ1) is 14.3. The minimum Gasteiger partial charge on any atom is -0.264 e. The van der Waals surface area contributed by atoms with Gasteiger partial charge in [-0.05, 0) is 18.2 Å². The van der Waals surface area contributed by atoms with Crippen molar-refractivity contribution in [3.8, 4) is 11.3 Å². The lowest BCUT2D eigenvalue weighted by Gasteiger charge is -2.04. The Kier molecular flexibility index (Phi) is 4.20. The highest BCUT2D eigenvalue weighted by atomic mass is 32.1. The zero-order valence-electron chi connectivity index (χ0n) is 11.8. The van der Waals surface area contributed by atoms with Crippen molar-refractivity contribution in [2.75, 3.05) is 7.05 Å². The van der Waals surface area contributed by atoms with Crippen molar-refractivity contribution < 1.29 is 4.39 Å². The molecule has 6 heteroatoms. The summed E-state index contributed by atoms with van der Waals surface area (Å²) in [5.41, 5.74) is 2.03. The molecular weight excluding hydrogens is 299 g/mol. The van der Waals surface area contributed by atoms with Gasteiger partial charge in [-0.1, -0.05) is 18.2 Å². The number of benzene rings is 1. The van der Waals surface area contributed by atoms with Crippen molar-refractivity contribution >= 4 is 17.6 Å². The Hall–Kier alpha value is -2.60. The molecule has 0 aliphatic rings. The number of aromatic nitrogens is 2. The van der Waals surface area contributed by atoms with Gasteiger partial charge in [0.2, 0.25) is 4.80 Å². The van der Waals surface area contributed by atoms with Crippen LogP contribution in [0.15, 0.2) is 64.3 Å². The molecule has 2 heterocycles. The van der Waals surface area contributed by atoms with Crippen LogP contribution in [0.5, 0.6) is 0 Å². The molecule has 0 fully saturated rings. The number of halogens is 1. The molecule has 0 aliphatic heterocycles. The average molecular weight is 312 g/mol. The molecule has 0 aliphatic carbocycles. The lowest BCUT2D eigenvalue weighted by Crippen LogP contribution is -2.11. The predicted octanol–water partition coefficient (Wildman–Crippen LogP) is 3.16. The molecule has 0 bridgehead atoms. The molecule has 0 unspecified atom stereocenters. The molecule has 1 aromatic carbocycles. The summed E-state index contributed by atoms with van der Waals surface area (Å²) in [5, 5.41) is 6.27. The van der Waals surface area contributed by atoms with Crippen LogP contribution in [0, 0.1) is 5.82 Å². The molecule has 3 rings (SSSR count). The van der Waals surface area contributed by atoms with Gasteiger partial charge < -0.3 is 0 Å². The number of hydrogen-bond donors (Lipinski definition) is 0. The van der Waals surface area contributed by atoms with Gasteiger partial charge in [0.05, 0.1) is 11.9 Å². The van der Waals surface area contributed by atoms with E-state index in [0.717, 1.165) is 5.56 Å². The lowest BCUT2D eigenvalue weighted by atomic mass is 10.1. The Morgan fingerprint density at radius 3 is 2.82 bits per heavy atom. The van der Waals surface area contributed by atoms with Crippen LogP contribution in [0.4, 0.5) is 4.39 Å². The van der Waals surface area contributed by atoms with Crippen molar-refractivity contribution in [1.82, 2.24) is 9.66 Å². The maximum atomic E-state index is 14.0. The maximum absolute atomic E-state index is 14.0. The third kappa shape index (κ3) is 2.87. The van der Waals surface area contributed by atoms with Gasteiger partial charge in [-0.2, -0.15) is 5.10 Å². The zero-order chi connectivity index (χ0) is 15.4. The second-order valence-electron chi connectivity index (χ2n) is 4.45. The third-order valence-corrected chi connectivity index (χ3v) is 3.94. The highest BCUT2D eigenvalue weighted by Crippen LogP contribution is 2.23. The number of hydrogen-bond acceptors (Lipinski definition) is 4. The SMILES string of the molecule is CN=c1scc(-c2ccccc2F)n1/N=C\c1cccnc1. The average Bonchev–Trinajstić information content (AvgIpc) is 2.97. The molecule has 0 saturated heterocycles. The first-order valence-corrected chi connectivity index (χ1v) is 7.50. The van der Waals surface area contributed by atoms with E-state index in [9.17, 15) is 4.39 Å². The number of nitrogens with zero attached hydrogens (tertiary/aromatic N) is 4. The Bertz CT molecular complexity index is 865. The molecule has 4 nitrogen and oxygen atoms in total. The summed E-state index contributed by atoms with van der Waals surface area (Å²) in [6.45, 7) is 0. The van der Waals surface area contributed by atoms with E-state index in [1.165, 1.54) is 17.4 Å². The highest BCUT2D eigenvalue weighted by Gasteiger charge is 2.10. The van der Waals surface area contributed by atoms with Crippen LogP contribution in [-0.4, -0.2) is 22.9 Å². The molecule has 0 atom stereocenters. The van der Waals surface area contributed by atoms with Crippen LogP contribution < -0.4 is 4.80 Å². The fourth-order valence-electron chi connectivity index (χ4n) is 1.99. The van der Waals surface area contributed by atoms with E-state index in [1.807, 2.05) is 17.5 Å². The predicted molar refractivity (Wildman–Crippen MR) is 86.4 cm³/mol. The summed E-state index contributed by atoms with van der Waals surface area (Å²) in [7, 11) is 1.69. The summed E-state index contributed by atoms with van der Waals surface area (Å²) < 4.78 is 15.7. The highest BCUT2D eigenvalue weighted by molar-refractivity contribution is 7.07. The quantitative estimate of drug-likeness (QED) is 0.685. The minimum atomic E-state index is -0.284. The van der Waals surface area contributed by atoms with Crippen molar-refractivity contribution in [1.29, 1.82) is 0 Å². The Morgan fingerprint density at radius 1 is 1.23 bits per heavy atom. The number of thiazole rings is 1. The van der Waals surface area contributed by atoms with Gasteiger partial charge in [-0.3, -0.25) is 9.98 Å². The maximum Gasteiger partial charge on any atom is 0.205 e. The smallest absolute Gasteiger partial charge is 0.205 e. The number of rotatable bonds is 3. The second kappa shape index (κ2) is 6.44. The fraction of sp³-hybridized carbons (Fsp3) is 0.0625. The Balaban J connectivity index is 2.10. The lowest BCUT2D eigenvalue weighted by molar-refractivity contribution is 0.629. The van der Waals surface area contributed by atoms with Gasteiger partial charge in [-0.15, -0.1) is 11.3 Å². The summed E-state index contributed by atoms with van der Waals surface area (Å²) in [4.78, 5) is 8.92. The van der Waals surface area contributed by atoms with Crippen LogP contribution in [0.1, 0.15) is 5.56 Å². The van der Waals surface area contributed by atoms with E-state index >= 15 is 0 Å². The molecule has 2 aromatic heterocycles. The van der Waals surface area contributed by atoms with E-state index in [2.05, 4.69) is 15.1 Å². The van der Waals surface area contributed by atoms with Gasteiger partial charge in [0, 0.05) is 35.9 Å². The van der Waals surface area contributed by atoms with Crippen LogP contribution in [0.3, 0.4) is 0 Å². The first-order chi connectivity index (χ1) is 10.8. The van der Waals surface area contributed by atoms with E-state index < -0.39 is 0 Å². The molecule has 0 N–H and O–H groups in total. The van der Waals surface area contributed by atoms with Gasteiger partial charge in [0.15, 0.2) is 0 Å². The number of pyridine rings is 1. The first-order valence-electron chi connectivity index (χ1n) is 6.62. The van der Waals surface area contributed by atoms with Gasteiger partial charge in [0.25, 0.3) is 0 Å². The fourth-order valence-corrected chi connectivity index (χ4v) is 2.79. The summed E-state index contributed by atoms with van der Waals surface area (Å²) in [5.74, 6) is -0.284. The van der Waals surface area contributed by atoms with Crippen LogP contribution in [-0.2, 0) is 0 Å². The molecule has 0 amide bonds. The van der Waals surface area contributed by atoms with Crippen molar-refractivity contribution in [3.63, 3.8) is 0 Å². The summed E-state index contributed by atoms with van der Waals surface area (Å²) in [6.07, 6.45) is 5.09. The van der Waals surface area contributed by atoms with Crippen molar-refractivity contribution in [2.24, 2.45) is 10.1 Å². The van der Waals surface area contributed by atoms with Gasteiger partial charge in [-0.25, -0.2) is 9.07 Å². The Morgan fingerprint density at radius 2 is 2.09 bits per heavy atom. The third-order valence-electron chi connectivity index (χ3n) is 3.03. The van der Waals surface area contributed by atoms with Crippen LogP contribution in [0.2, 0.25) is 0 Å². The van der Waals surface area contributed by atoms with E-state index in [4.69, 9.17) is 0 Å². The van der Waals surface area contributed by atoms with Crippen molar-refractivity contribution in [2.45, 2.75) is 0 Å². The van der Waals surface area contributed by atoms with E-state index in [0.29, 0.717) is 16.1 Å². The topological polar surface area (TPSA) is 42.5 Å². The molecular formula is C16H13FN4S. The molecule has 0 radical (unpaired) electrons. The molecule has 0 spiro atoms. The van der Waals surface area contributed by atoms with Crippen LogP contribution >= 0.6 is 11.3 Å². The monoisotopic (exact) mass is 312 g/mol. The molecule has 110 valence electrons. The summed E-state index contributed by atoms with van der Waals surface area (Å²) >= 11 is 1.42. The molecule has 3 aromatic rings. The Labute approximate surface area is 130 Å². The molecule has 22 heavy (non-hydrogen) atoms. The van der Waals surface area contributed by atoms with E-state index in [-0.39, 0.29) is 5.82 Å². The zero-order valence-corrected chi connectivity index (χ0v) is 12.7. The van der Waals surface area contributed by atoms with Gasteiger partial charge in [0.1, 0.15) is 5.82 Å². The largest absolute Gasteiger partial charge is 0.264 e.